The molecular formula is C65H65N13O12S3. The molecule has 2 aromatic carbocycles. The quantitative estimate of drug-likeness (QED) is 0.0288. The van der Waals surface area contributed by atoms with Crippen molar-refractivity contribution in [2.75, 3.05) is 53.0 Å². The molecule has 12 rings (SSSR count). The van der Waals surface area contributed by atoms with E-state index < -0.39 is 47.4 Å². The molecule has 0 saturated heterocycles. The molecule has 7 aromatic heterocycles. The highest BCUT2D eigenvalue weighted by atomic mass is 32.2. The van der Waals surface area contributed by atoms with Gasteiger partial charge in [-0.25, -0.2) is 59.6 Å². The first kappa shape index (κ1) is 65.7. The number of hydrogen-bond acceptors (Lipinski definition) is 22. The summed E-state index contributed by atoms with van der Waals surface area (Å²) in [7, 11) is -10.5. The Kier molecular flexibility index (Phi) is 20.2. The summed E-state index contributed by atoms with van der Waals surface area (Å²) in [6, 6.07) is 26.5. The van der Waals surface area contributed by atoms with Gasteiger partial charge in [-0.2, -0.15) is 15.8 Å². The van der Waals surface area contributed by atoms with Crippen LogP contribution in [0.15, 0.2) is 137 Å². The van der Waals surface area contributed by atoms with Crippen LogP contribution in [0.25, 0.3) is 33.1 Å². The maximum Gasteiger partial charge on any atom is 0.341 e. The Morgan fingerprint density at radius 3 is 1.14 bits per heavy atom. The monoisotopic (exact) mass is 1320 g/mol. The van der Waals surface area contributed by atoms with Gasteiger partial charge in [0, 0.05) is 77.7 Å². The molecule has 0 unspecified atom stereocenters. The van der Waals surface area contributed by atoms with Crippen molar-refractivity contribution in [1.82, 2.24) is 34.9 Å². The third-order valence-electron chi connectivity index (χ3n) is 16.2. The van der Waals surface area contributed by atoms with Gasteiger partial charge >= 0.3 is 17.9 Å². The average molecular weight is 1320 g/mol. The molecule has 0 radical (unpaired) electrons. The number of sulfone groups is 3. The Hall–Kier alpha value is -10.2. The van der Waals surface area contributed by atoms with Crippen LogP contribution in [0.3, 0.4) is 0 Å². The lowest BCUT2D eigenvalue weighted by atomic mass is 9.81. The SMILES string of the molecule is CCOC(=O)c1cnc2[nH]ccc2c1NC1CC(CS(=O)(=O)c2cc(C#N)ccn2)C1.CCOC(=O)c1cnc2[nH]ccc2c1NC1CC(CS(=O)(=O)c2cccc(C#N)c2)C1.CCOC(=O)c1cnc2[nH]ccc2c1NC1CC(CS(=O)(=O)c2cccc(C#N)c2)C1. The number of fused-ring (bicyclic) bond motifs is 3. The maximum atomic E-state index is 12.7. The molecule has 0 aliphatic heterocycles. The van der Waals surface area contributed by atoms with Crippen LogP contribution in [0.5, 0.6) is 0 Å². The van der Waals surface area contributed by atoms with Crippen molar-refractivity contribution in [3.05, 3.63) is 156 Å². The summed E-state index contributed by atoms with van der Waals surface area (Å²) < 4.78 is 91.6. The number of carbonyl (C=O) groups excluding carboxylic acids is 3. The number of esters is 3. The smallest absolute Gasteiger partial charge is 0.341 e. The van der Waals surface area contributed by atoms with E-state index in [0.717, 1.165) is 16.2 Å². The van der Waals surface area contributed by atoms with Crippen LogP contribution in [-0.4, -0.2) is 133 Å². The predicted molar refractivity (Wildman–Crippen MR) is 344 cm³/mol. The molecule has 6 N–H and O–H groups in total. The summed E-state index contributed by atoms with van der Waals surface area (Å²) in [5.74, 6) is -1.36. The minimum atomic E-state index is -3.58. The highest BCUT2D eigenvalue weighted by molar-refractivity contribution is 7.92. The van der Waals surface area contributed by atoms with Crippen molar-refractivity contribution in [3.63, 3.8) is 0 Å². The first-order valence-electron chi connectivity index (χ1n) is 30.0. The number of carbonyl (C=O) groups is 3. The summed E-state index contributed by atoms with van der Waals surface area (Å²) in [6.45, 7) is 6.02. The van der Waals surface area contributed by atoms with Gasteiger partial charge in [-0.1, -0.05) is 12.1 Å². The number of nitrogens with one attached hydrogen (secondary N) is 6. The second kappa shape index (κ2) is 28.5. The van der Waals surface area contributed by atoms with Crippen LogP contribution in [0.4, 0.5) is 17.1 Å². The second-order valence-electron chi connectivity index (χ2n) is 22.7. The normalized spacial score (nSPS) is 18.2. The first-order valence-corrected chi connectivity index (χ1v) is 34.9. The Labute approximate surface area is 536 Å². The van der Waals surface area contributed by atoms with Crippen LogP contribution in [0.1, 0.15) is 107 Å². The number of anilines is 3. The van der Waals surface area contributed by atoms with Gasteiger partial charge in [0.05, 0.1) is 98.8 Å². The molecule has 0 bridgehead atoms. The highest BCUT2D eigenvalue weighted by Crippen LogP contribution is 2.39. The lowest BCUT2D eigenvalue weighted by molar-refractivity contribution is 0.0517. The summed E-state index contributed by atoms with van der Waals surface area (Å²) in [5, 5.41) is 39.4. The molecule has 3 saturated carbocycles. The van der Waals surface area contributed by atoms with E-state index in [4.69, 9.17) is 30.0 Å². The zero-order chi connectivity index (χ0) is 66.0. The van der Waals surface area contributed by atoms with Gasteiger partial charge in [-0.05, 0) is 144 Å². The zero-order valence-electron chi connectivity index (χ0n) is 50.8. The molecule has 25 nitrogen and oxygen atoms in total. The van der Waals surface area contributed by atoms with Gasteiger partial charge in [0.15, 0.2) is 34.5 Å². The number of H-pyrrole nitrogens is 3. The highest BCUT2D eigenvalue weighted by Gasteiger charge is 2.38. The molecule has 7 heterocycles. The van der Waals surface area contributed by atoms with Crippen molar-refractivity contribution < 1.29 is 53.8 Å². The van der Waals surface area contributed by atoms with E-state index in [2.05, 4.69) is 50.8 Å². The van der Waals surface area contributed by atoms with E-state index in [-0.39, 0.29) is 93.3 Å². The van der Waals surface area contributed by atoms with E-state index in [0.29, 0.717) is 100 Å². The molecular weight excluding hydrogens is 1250 g/mol. The van der Waals surface area contributed by atoms with Gasteiger partial charge < -0.3 is 45.1 Å². The van der Waals surface area contributed by atoms with Crippen molar-refractivity contribution in [2.24, 2.45) is 17.8 Å². The molecule has 0 spiro atoms. The lowest BCUT2D eigenvalue weighted by Crippen LogP contribution is -2.39. The van der Waals surface area contributed by atoms with Crippen LogP contribution >= 0.6 is 0 Å². The third-order valence-corrected chi connectivity index (χ3v) is 21.7. The van der Waals surface area contributed by atoms with E-state index >= 15 is 0 Å². The van der Waals surface area contributed by atoms with E-state index in [1.165, 1.54) is 61.2 Å². The van der Waals surface area contributed by atoms with Crippen molar-refractivity contribution in [3.8, 4) is 18.2 Å². The Morgan fingerprint density at radius 2 is 0.806 bits per heavy atom. The lowest BCUT2D eigenvalue weighted by Gasteiger charge is -2.36. The molecule has 3 aliphatic rings. The first-order chi connectivity index (χ1) is 44.7. The Morgan fingerprint density at radius 1 is 0.473 bits per heavy atom. The number of ether oxygens (including phenoxy) is 3. The molecule has 480 valence electrons. The fourth-order valence-electron chi connectivity index (χ4n) is 11.5. The summed E-state index contributed by atoms with van der Waals surface area (Å²) in [4.78, 5) is 63.2. The minimum absolute atomic E-state index is 0.00263. The standard InChI is InChI=1S/2C22H22N4O4S.C21H21N5O4S/c2*1-2-30-22(27)19-12-25-21-18(6-7-24-21)20(19)26-16-8-15(9-16)13-31(28,29)17-5-3-4-14(10-17)11-23;1-2-30-21(27)17-11-25-20-16(4-6-24-20)19(17)26-15-7-14(8-15)12-31(28,29)18-9-13(10-22)3-5-23-18/h2*3-7,10,12,15-16H,2,8-9,13H2,1H3,(H2,24,25,26);3-6,9,11,14-15H,2,7-8,12H2,1H3,(H2,24,25,26). The topological polar surface area (TPSA) is 388 Å². The van der Waals surface area contributed by atoms with Gasteiger partial charge in [0.2, 0.25) is 0 Å². The van der Waals surface area contributed by atoms with E-state index in [9.17, 15) is 39.6 Å². The summed E-state index contributed by atoms with van der Waals surface area (Å²) >= 11 is 0. The van der Waals surface area contributed by atoms with Crippen LogP contribution < -0.4 is 16.0 Å². The van der Waals surface area contributed by atoms with Crippen LogP contribution in [0, 0.1) is 51.7 Å². The van der Waals surface area contributed by atoms with E-state index in [1.54, 1.807) is 63.6 Å². The van der Waals surface area contributed by atoms with Gasteiger partial charge in [-0.15, -0.1) is 0 Å². The Bertz CT molecular complexity index is 4290. The fraction of sp³-hybridized carbons (Fsp3) is 0.323. The number of benzene rings is 2. The molecule has 0 atom stereocenters. The van der Waals surface area contributed by atoms with Gasteiger partial charge in [0.1, 0.15) is 33.6 Å². The summed E-state index contributed by atoms with van der Waals surface area (Å²) in [6.07, 6.45) is 14.9. The Balaban J connectivity index is 0.000000153. The number of nitrogens with zero attached hydrogens (tertiary/aromatic N) is 7. The number of hydrogen-bond donors (Lipinski definition) is 6. The van der Waals surface area contributed by atoms with E-state index in [1.807, 2.05) is 36.4 Å². The fourth-order valence-corrected chi connectivity index (χ4v) is 16.5. The molecule has 3 aliphatic carbocycles. The molecule has 9 aromatic rings. The number of rotatable bonds is 21. The van der Waals surface area contributed by atoms with Crippen molar-refractivity contribution in [2.45, 2.75) is 92.2 Å². The van der Waals surface area contributed by atoms with Crippen LogP contribution in [-0.2, 0) is 43.7 Å². The van der Waals surface area contributed by atoms with Gasteiger partial charge in [-0.3, -0.25) is 0 Å². The molecule has 3 fully saturated rings. The maximum absolute atomic E-state index is 12.7. The zero-order valence-corrected chi connectivity index (χ0v) is 53.2. The molecule has 0 amide bonds. The largest absolute Gasteiger partial charge is 0.462 e. The number of nitriles is 3. The number of aromatic amines is 3. The van der Waals surface area contributed by atoms with Crippen molar-refractivity contribution in [1.29, 1.82) is 15.8 Å². The van der Waals surface area contributed by atoms with Gasteiger partial charge in [0.25, 0.3) is 0 Å². The summed E-state index contributed by atoms with van der Waals surface area (Å²) in [5.41, 5.74) is 5.90. The van der Waals surface area contributed by atoms with Crippen LogP contribution in [0.2, 0.25) is 0 Å². The average Bonchev–Trinajstić information content (AvgIpc) is 1.88. The molecule has 93 heavy (non-hydrogen) atoms. The molecule has 28 heteroatoms. The second-order valence-corrected chi connectivity index (χ2v) is 28.7. The third kappa shape index (κ3) is 15.2. The number of pyridine rings is 4. The number of aromatic nitrogens is 7. The van der Waals surface area contributed by atoms with Crippen molar-refractivity contribution >= 4 is 97.6 Å². The minimum Gasteiger partial charge on any atom is -0.462 e. The predicted octanol–water partition coefficient (Wildman–Crippen LogP) is 9.22.